The number of Topliss-reactive ketones (excluding diaryl/α,β-unsaturated/α-hetero) is 2. The number of ether oxygens (including phenoxy) is 3. The summed E-state index contributed by atoms with van der Waals surface area (Å²) in [5.41, 5.74) is 5.79. The largest absolute Gasteiger partial charge is 0.445 e. The van der Waals surface area contributed by atoms with E-state index in [2.05, 4.69) is 10.6 Å². The number of carbonyl (C=O) groups excluding carboxylic acids is 6. The first-order valence-corrected chi connectivity index (χ1v) is 21.7. The Morgan fingerprint density at radius 2 is 1.43 bits per heavy atom. The van der Waals surface area contributed by atoms with Crippen LogP contribution < -0.4 is 16.4 Å². The van der Waals surface area contributed by atoms with Crippen molar-refractivity contribution < 1.29 is 51.4 Å². The highest BCUT2D eigenvalue weighted by molar-refractivity contribution is 7.91. The molecule has 0 heterocycles. The Bertz CT molecular complexity index is 1600. The molecule has 1 aromatic carbocycles. The van der Waals surface area contributed by atoms with Crippen molar-refractivity contribution in [2.75, 3.05) is 58.4 Å². The molecule has 0 radical (unpaired) electrons. The average molecular weight is 840 g/mol. The minimum atomic E-state index is -3.27. The first kappa shape index (κ1) is 51.8. The van der Waals surface area contributed by atoms with Gasteiger partial charge in [-0.1, -0.05) is 58.9 Å². The van der Waals surface area contributed by atoms with Crippen molar-refractivity contribution in [1.82, 2.24) is 20.4 Å². The Balaban J connectivity index is 2.78. The van der Waals surface area contributed by atoms with Gasteiger partial charge < -0.3 is 40.4 Å². The molecule has 330 valence electrons. The lowest BCUT2D eigenvalue weighted by Crippen LogP contribution is -2.46. The third-order valence-electron chi connectivity index (χ3n) is 9.04. The van der Waals surface area contributed by atoms with Gasteiger partial charge in [0.25, 0.3) is 0 Å². The summed E-state index contributed by atoms with van der Waals surface area (Å²) < 4.78 is 40.8. The lowest BCUT2D eigenvalue weighted by atomic mass is 9.88. The van der Waals surface area contributed by atoms with Crippen LogP contribution in [0, 0.1) is 17.3 Å². The van der Waals surface area contributed by atoms with Gasteiger partial charge in [0.1, 0.15) is 18.0 Å². The van der Waals surface area contributed by atoms with Crippen LogP contribution in [0.25, 0.3) is 0 Å². The number of likely N-dealkylation sites (N-methyl/N-ethyl adjacent to an activating group) is 2. The molecule has 0 fully saturated rings. The van der Waals surface area contributed by atoms with Gasteiger partial charge in [0.05, 0.1) is 30.8 Å². The van der Waals surface area contributed by atoms with E-state index in [9.17, 15) is 37.2 Å². The summed E-state index contributed by atoms with van der Waals surface area (Å²) in [6.45, 7) is 15.5. The molecule has 1 rings (SSSR count). The Morgan fingerprint density at radius 1 is 0.845 bits per heavy atom. The van der Waals surface area contributed by atoms with Crippen LogP contribution in [0.3, 0.4) is 0 Å². The van der Waals surface area contributed by atoms with Crippen LogP contribution in [-0.4, -0.2) is 124 Å². The fourth-order valence-corrected chi connectivity index (χ4v) is 6.78. The van der Waals surface area contributed by atoms with E-state index < -0.39 is 51.5 Å². The zero-order valence-corrected chi connectivity index (χ0v) is 37.1. The van der Waals surface area contributed by atoms with Crippen LogP contribution in [-0.2, 0) is 51.5 Å². The van der Waals surface area contributed by atoms with Gasteiger partial charge in [-0.2, -0.15) is 0 Å². The van der Waals surface area contributed by atoms with Crippen molar-refractivity contribution in [2.45, 2.75) is 112 Å². The number of hydrogen-bond donors (Lipinski definition) is 3. The van der Waals surface area contributed by atoms with E-state index in [0.717, 1.165) is 0 Å². The molecule has 0 aliphatic rings. The number of rotatable bonds is 25. The van der Waals surface area contributed by atoms with Crippen LogP contribution in [0.4, 0.5) is 14.4 Å². The van der Waals surface area contributed by atoms with E-state index in [-0.39, 0.29) is 99.5 Å². The second kappa shape index (κ2) is 24.6. The first-order chi connectivity index (χ1) is 26.8. The van der Waals surface area contributed by atoms with Gasteiger partial charge in [-0.15, -0.1) is 0 Å². The highest BCUT2D eigenvalue weighted by atomic mass is 32.2. The van der Waals surface area contributed by atoms with Crippen molar-refractivity contribution in [1.29, 1.82) is 0 Å². The van der Waals surface area contributed by atoms with Crippen LogP contribution >= 0.6 is 0 Å². The smallest absolute Gasteiger partial charge is 0.410 e. The molecule has 16 nitrogen and oxygen atoms in total. The van der Waals surface area contributed by atoms with Crippen molar-refractivity contribution in [3.8, 4) is 0 Å². The number of hydrogen-bond acceptors (Lipinski definition) is 11. The van der Waals surface area contributed by atoms with E-state index in [1.54, 1.807) is 59.1 Å². The fraction of sp³-hybridized carbons (Fsp3) is 0.707. The number of primary amides is 1. The Labute approximate surface area is 345 Å². The molecule has 58 heavy (non-hydrogen) atoms. The van der Waals surface area contributed by atoms with Gasteiger partial charge in [0.15, 0.2) is 15.6 Å². The predicted octanol–water partition coefficient (Wildman–Crippen LogP) is 4.66. The van der Waals surface area contributed by atoms with E-state index in [1.807, 2.05) is 34.6 Å². The molecule has 0 saturated carbocycles. The minimum absolute atomic E-state index is 0.0129. The molecule has 0 spiro atoms. The van der Waals surface area contributed by atoms with Crippen molar-refractivity contribution in [3.05, 3.63) is 35.4 Å². The number of carbonyl (C=O) groups is 6. The van der Waals surface area contributed by atoms with Crippen LogP contribution in [0.1, 0.15) is 98.6 Å². The molecule has 5 amide bonds. The minimum Gasteiger partial charge on any atom is -0.445 e. The van der Waals surface area contributed by atoms with Crippen molar-refractivity contribution in [3.63, 3.8) is 0 Å². The van der Waals surface area contributed by atoms with Crippen LogP contribution in [0.15, 0.2) is 24.3 Å². The standard InChI is InChI=1S/C41H69N5O11S/c1-29(2)33(27-32(47)17-22-55-23-25-58(53,54)24-18-40(3,4)5)36(49)44-34(12-11-19-43-37(42)50)35(48)26-30-13-15-31(16-14-30)28-56-38(51)45(9)20-21-46(10)39(52)57-41(6,7)8/h13-16,29,33-34H,11-12,17-28H2,1-10H3,(H,44,49)(H3,42,43,50)/t33-,34-/m0/s1. The zero-order valence-electron chi connectivity index (χ0n) is 36.3. The maximum Gasteiger partial charge on any atom is 0.410 e. The summed E-state index contributed by atoms with van der Waals surface area (Å²) in [5.74, 6) is -1.96. The number of nitrogens with one attached hydrogen (secondary N) is 2. The molecule has 2 atom stereocenters. The van der Waals surface area contributed by atoms with Gasteiger partial charge in [-0.3, -0.25) is 14.4 Å². The zero-order chi connectivity index (χ0) is 44.3. The third kappa shape index (κ3) is 23.2. The maximum absolute atomic E-state index is 13.6. The molecule has 0 aromatic heterocycles. The molecule has 0 unspecified atom stereocenters. The fourth-order valence-electron chi connectivity index (χ4n) is 5.28. The molecular weight excluding hydrogens is 771 g/mol. The van der Waals surface area contributed by atoms with Crippen molar-refractivity contribution >= 4 is 45.5 Å². The Morgan fingerprint density at radius 3 is 1.98 bits per heavy atom. The van der Waals surface area contributed by atoms with Gasteiger partial charge in [-0.25, -0.2) is 22.8 Å². The topological polar surface area (TPSA) is 221 Å². The van der Waals surface area contributed by atoms with Gasteiger partial charge >= 0.3 is 18.2 Å². The maximum atomic E-state index is 13.6. The molecule has 0 bridgehead atoms. The molecule has 0 aliphatic heterocycles. The monoisotopic (exact) mass is 839 g/mol. The van der Waals surface area contributed by atoms with E-state index in [4.69, 9.17) is 19.9 Å². The van der Waals surface area contributed by atoms with Crippen LogP contribution in [0.2, 0.25) is 0 Å². The summed E-state index contributed by atoms with van der Waals surface area (Å²) in [4.78, 5) is 78.7. The molecule has 0 saturated heterocycles. The van der Waals surface area contributed by atoms with E-state index in [0.29, 0.717) is 24.0 Å². The van der Waals surface area contributed by atoms with Crippen LogP contribution in [0.5, 0.6) is 0 Å². The highest BCUT2D eigenvalue weighted by Crippen LogP contribution is 2.20. The highest BCUT2D eigenvalue weighted by Gasteiger charge is 2.29. The molecule has 1 aromatic rings. The third-order valence-corrected chi connectivity index (χ3v) is 10.7. The number of ketones is 2. The lowest BCUT2D eigenvalue weighted by molar-refractivity contribution is -0.133. The van der Waals surface area contributed by atoms with Gasteiger partial charge in [-0.05, 0) is 62.5 Å². The molecule has 0 aliphatic carbocycles. The SMILES string of the molecule is CC(C)[C@H](CC(=O)CCOCCS(=O)(=O)CCC(C)(C)C)C(=O)N[C@@H](CCCNC(N)=O)C(=O)Cc1ccc(COC(=O)N(C)CCN(C)C(=O)OC(C)(C)C)cc1. The summed E-state index contributed by atoms with van der Waals surface area (Å²) in [5, 5.41) is 5.32. The number of nitrogens with two attached hydrogens (primary N) is 1. The number of amides is 5. The summed E-state index contributed by atoms with van der Waals surface area (Å²) in [7, 11) is -0.131. The van der Waals surface area contributed by atoms with E-state index >= 15 is 0 Å². The first-order valence-electron chi connectivity index (χ1n) is 19.8. The number of sulfone groups is 1. The molecule has 4 N–H and O–H groups in total. The molecule has 17 heteroatoms. The molecular formula is C41H69N5O11S. The van der Waals surface area contributed by atoms with E-state index in [1.165, 1.54) is 9.80 Å². The van der Waals surface area contributed by atoms with Crippen molar-refractivity contribution in [2.24, 2.45) is 23.0 Å². The average Bonchev–Trinajstić information content (AvgIpc) is 3.11. The quantitative estimate of drug-likeness (QED) is 0.115. The second-order valence-corrected chi connectivity index (χ2v) is 19.6. The summed E-state index contributed by atoms with van der Waals surface area (Å²) in [6.07, 6.45) is -0.0534. The number of urea groups is 1. The summed E-state index contributed by atoms with van der Waals surface area (Å²) in [6, 6.07) is 5.30. The normalized spacial score (nSPS) is 12.9. The Hall–Kier alpha value is -4.25. The second-order valence-electron chi connectivity index (χ2n) is 17.3. The Kier molecular flexibility index (Phi) is 22.0. The van der Waals surface area contributed by atoms with Gasteiger partial charge in [0.2, 0.25) is 5.91 Å². The summed E-state index contributed by atoms with van der Waals surface area (Å²) >= 11 is 0. The van der Waals surface area contributed by atoms with Gasteiger partial charge in [0, 0.05) is 58.9 Å². The number of nitrogens with zero attached hydrogens (tertiary/aromatic N) is 2. The number of benzene rings is 1. The predicted molar refractivity (Wildman–Crippen MR) is 222 cm³/mol. The lowest BCUT2D eigenvalue weighted by Gasteiger charge is -2.26.